The van der Waals surface area contributed by atoms with Crippen LogP contribution in [0, 0.1) is 5.41 Å². The highest BCUT2D eigenvalue weighted by Crippen LogP contribution is 2.12. The first-order valence-corrected chi connectivity index (χ1v) is 6.85. The second kappa shape index (κ2) is 8.55. The average molecular weight is 286 g/mol. The Balaban J connectivity index is 4.27. The third-order valence-electron chi connectivity index (χ3n) is 2.70. The zero-order valence-electron chi connectivity index (χ0n) is 13.1. The molecule has 0 saturated carbocycles. The van der Waals surface area contributed by atoms with Crippen LogP contribution in [0.1, 0.15) is 40.5 Å². The Bertz CT molecular complexity index is 348. The van der Waals surface area contributed by atoms with Crippen LogP contribution in [-0.4, -0.2) is 49.4 Å². The SMILES string of the molecule is CCCN(CC(=O)OC)C(=O)CCNC(=O)C(C)(C)C. The first-order valence-electron chi connectivity index (χ1n) is 6.85. The Morgan fingerprint density at radius 3 is 2.25 bits per heavy atom. The molecule has 20 heavy (non-hydrogen) atoms. The molecule has 0 bridgehead atoms. The first-order chi connectivity index (χ1) is 9.22. The van der Waals surface area contributed by atoms with Crippen molar-refractivity contribution >= 4 is 17.8 Å². The van der Waals surface area contributed by atoms with Gasteiger partial charge < -0.3 is 15.0 Å². The molecule has 116 valence electrons. The van der Waals surface area contributed by atoms with E-state index in [1.165, 1.54) is 12.0 Å². The first kappa shape index (κ1) is 18.4. The van der Waals surface area contributed by atoms with E-state index in [0.29, 0.717) is 6.54 Å². The van der Waals surface area contributed by atoms with E-state index in [1.807, 2.05) is 27.7 Å². The summed E-state index contributed by atoms with van der Waals surface area (Å²) in [6.07, 6.45) is 0.940. The average Bonchev–Trinajstić information content (AvgIpc) is 2.36. The van der Waals surface area contributed by atoms with E-state index in [-0.39, 0.29) is 31.3 Å². The number of hydrogen-bond acceptors (Lipinski definition) is 4. The van der Waals surface area contributed by atoms with E-state index in [9.17, 15) is 14.4 Å². The molecule has 0 aromatic heterocycles. The Labute approximate surface area is 120 Å². The van der Waals surface area contributed by atoms with Crippen LogP contribution in [0.4, 0.5) is 0 Å². The van der Waals surface area contributed by atoms with Crippen LogP contribution in [0.25, 0.3) is 0 Å². The number of amides is 2. The minimum absolute atomic E-state index is 0.0452. The summed E-state index contributed by atoms with van der Waals surface area (Å²) in [5.74, 6) is -0.697. The Morgan fingerprint density at radius 1 is 1.20 bits per heavy atom. The van der Waals surface area contributed by atoms with E-state index in [2.05, 4.69) is 10.1 Å². The largest absolute Gasteiger partial charge is 0.468 e. The van der Waals surface area contributed by atoms with Crippen LogP contribution < -0.4 is 5.32 Å². The molecular formula is C14H26N2O4. The molecule has 1 N–H and O–H groups in total. The fourth-order valence-electron chi connectivity index (χ4n) is 1.49. The molecule has 0 aliphatic carbocycles. The van der Waals surface area contributed by atoms with Crippen molar-refractivity contribution in [1.29, 1.82) is 0 Å². The van der Waals surface area contributed by atoms with Crippen molar-refractivity contribution in [3.05, 3.63) is 0 Å². The maximum atomic E-state index is 12.0. The van der Waals surface area contributed by atoms with Gasteiger partial charge in [0.2, 0.25) is 11.8 Å². The second-order valence-corrected chi connectivity index (χ2v) is 5.65. The summed E-state index contributed by atoms with van der Waals surface area (Å²) in [7, 11) is 1.29. The number of nitrogens with one attached hydrogen (secondary N) is 1. The molecular weight excluding hydrogens is 260 g/mol. The third kappa shape index (κ3) is 7.11. The van der Waals surface area contributed by atoms with Crippen molar-refractivity contribution in [1.82, 2.24) is 10.2 Å². The monoisotopic (exact) mass is 286 g/mol. The molecule has 0 saturated heterocycles. The molecule has 0 unspecified atom stereocenters. The lowest BCUT2D eigenvalue weighted by Gasteiger charge is -2.22. The molecule has 0 heterocycles. The standard InChI is InChI=1S/C14H26N2O4/c1-6-9-16(10-12(18)20-5)11(17)7-8-15-13(19)14(2,3)4/h6-10H2,1-5H3,(H,15,19). The quantitative estimate of drug-likeness (QED) is 0.707. The van der Waals surface area contributed by atoms with E-state index >= 15 is 0 Å². The lowest BCUT2D eigenvalue weighted by atomic mass is 9.96. The van der Waals surface area contributed by atoms with Gasteiger partial charge in [-0.25, -0.2) is 0 Å². The Hall–Kier alpha value is -1.59. The normalized spacial score (nSPS) is 10.8. The summed E-state index contributed by atoms with van der Waals surface area (Å²) < 4.78 is 4.56. The maximum absolute atomic E-state index is 12.0. The number of methoxy groups -OCH3 is 1. The molecule has 0 rings (SSSR count). The van der Waals surface area contributed by atoms with Crippen LogP contribution in [-0.2, 0) is 19.1 Å². The summed E-state index contributed by atoms with van der Waals surface area (Å²) in [6.45, 7) is 8.09. The van der Waals surface area contributed by atoms with Crippen molar-refractivity contribution < 1.29 is 19.1 Å². The molecule has 0 aromatic carbocycles. The lowest BCUT2D eigenvalue weighted by Crippen LogP contribution is -2.40. The predicted octanol–water partition coefficient (Wildman–Crippen LogP) is 0.950. The molecule has 0 atom stereocenters. The van der Waals surface area contributed by atoms with E-state index in [1.54, 1.807) is 0 Å². The predicted molar refractivity (Wildman–Crippen MR) is 76.0 cm³/mol. The summed E-state index contributed by atoms with van der Waals surface area (Å²) in [5, 5.41) is 2.72. The molecule has 0 radical (unpaired) electrons. The number of hydrogen-bond donors (Lipinski definition) is 1. The highest BCUT2D eigenvalue weighted by molar-refractivity contribution is 5.84. The van der Waals surface area contributed by atoms with Gasteiger partial charge in [-0.2, -0.15) is 0 Å². The molecule has 0 aliphatic heterocycles. The van der Waals surface area contributed by atoms with Crippen molar-refractivity contribution in [3.63, 3.8) is 0 Å². The lowest BCUT2D eigenvalue weighted by molar-refractivity contribution is -0.147. The van der Waals surface area contributed by atoms with Crippen molar-refractivity contribution in [2.24, 2.45) is 5.41 Å². The van der Waals surface area contributed by atoms with Gasteiger partial charge in [-0.15, -0.1) is 0 Å². The summed E-state index contributed by atoms with van der Waals surface area (Å²) >= 11 is 0. The highest BCUT2D eigenvalue weighted by Gasteiger charge is 2.21. The third-order valence-corrected chi connectivity index (χ3v) is 2.70. The van der Waals surface area contributed by atoms with Crippen molar-refractivity contribution in [3.8, 4) is 0 Å². The van der Waals surface area contributed by atoms with Crippen LogP contribution in [0.3, 0.4) is 0 Å². The van der Waals surface area contributed by atoms with Crippen molar-refractivity contribution in [2.75, 3.05) is 26.7 Å². The fourth-order valence-corrected chi connectivity index (χ4v) is 1.49. The second-order valence-electron chi connectivity index (χ2n) is 5.65. The molecule has 0 spiro atoms. The minimum atomic E-state index is -0.474. The van der Waals surface area contributed by atoms with Gasteiger partial charge in [0.1, 0.15) is 6.54 Å². The van der Waals surface area contributed by atoms with Gasteiger partial charge in [-0.1, -0.05) is 27.7 Å². The van der Waals surface area contributed by atoms with Gasteiger partial charge in [0, 0.05) is 24.9 Å². The zero-order valence-corrected chi connectivity index (χ0v) is 13.1. The van der Waals surface area contributed by atoms with Crippen molar-refractivity contribution in [2.45, 2.75) is 40.5 Å². The van der Waals surface area contributed by atoms with Gasteiger partial charge in [0.25, 0.3) is 0 Å². The Kier molecular flexibility index (Phi) is 7.87. The van der Waals surface area contributed by atoms with Crippen LogP contribution in [0.5, 0.6) is 0 Å². The number of carbonyl (C=O) groups excluding carboxylic acids is 3. The van der Waals surface area contributed by atoms with Gasteiger partial charge in [-0.3, -0.25) is 14.4 Å². The smallest absolute Gasteiger partial charge is 0.325 e. The van der Waals surface area contributed by atoms with E-state index in [4.69, 9.17) is 0 Å². The van der Waals surface area contributed by atoms with E-state index < -0.39 is 11.4 Å². The number of carbonyl (C=O) groups is 3. The highest BCUT2D eigenvalue weighted by atomic mass is 16.5. The molecule has 0 aromatic rings. The molecule has 0 aliphatic rings. The van der Waals surface area contributed by atoms with Crippen LogP contribution >= 0.6 is 0 Å². The maximum Gasteiger partial charge on any atom is 0.325 e. The number of rotatable bonds is 7. The van der Waals surface area contributed by atoms with Gasteiger partial charge in [0.05, 0.1) is 7.11 Å². The topological polar surface area (TPSA) is 75.7 Å². The van der Waals surface area contributed by atoms with Crippen LogP contribution in [0.15, 0.2) is 0 Å². The summed E-state index contributed by atoms with van der Waals surface area (Å²) in [4.78, 5) is 36.3. The van der Waals surface area contributed by atoms with Gasteiger partial charge >= 0.3 is 5.97 Å². The number of esters is 1. The van der Waals surface area contributed by atoms with Crippen LogP contribution in [0.2, 0.25) is 0 Å². The number of nitrogens with zero attached hydrogens (tertiary/aromatic N) is 1. The molecule has 6 heteroatoms. The molecule has 2 amide bonds. The van der Waals surface area contributed by atoms with E-state index in [0.717, 1.165) is 6.42 Å². The van der Waals surface area contributed by atoms with Gasteiger partial charge in [-0.05, 0) is 6.42 Å². The zero-order chi connectivity index (χ0) is 15.8. The Morgan fingerprint density at radius 2 is 1.80 bits per heavy atom. The molecule has 6 nitrogen and oxygen atoms in total. The summed E-state index contributed by atoms with van der Waals surface area (Å²) in [6, 6.07) is 0. The minimum Gasteiger partial charge on any atom is -0.468 e. The van der Waals surface area contributed by atoms with Gasteiger partial charge in [0.15, 0.2) is 0 Å². The summed E-state index contributed by atoms with van der Waals surface area (Å²) in [5.41, 5.74) is -0.474. The molecule has 0 fully saturated rings. The number of ether oxygens (including phenoxy) is 1. The fraction of sp³-hybridized carbons (Fsp3) is 0.786.